The molecule has 0 atom stereocenters. The van der Waals surface area contributed by atoms with E-state index in [4.69, 9.17) is 0 Å². The lowest BCUT2D eigenvalue weighted by molar-refractivity contribution is 0.0818. The van der Waals surface area contributed by atoms with Crippen LogP contribution in [0, 0.1) is 5.82 Å². The highest BCUT2D eigenvalue weighted by Gasteiger charge is 2.21. The molecular weight excluding hydrogens is 359 g/mol. The van der Waals surface area contributed by atoms with Gasteiger partial charge in [-0.2, -0.15) is 0 Å². The molecule has 136 valence electrons. The number of hydrogen-bond donors (Lipinski definition) is 0. The molecule has 0 saturated carbocycles. The summed E-state index contributed by atoms with van der Waals surface area (Å²) in [5.74, 6) is -0.624. The summed E-state index contributed by atoms with van der Waals surface area (Å²) < 4.78 is 38.2. The maximum Gasteiger partial charge on any atom is 0.270 e. The van der Waals surface area contributed by atoms with Crippen LogP contribution in [0.1, 0.15) is 16.1 Å². The molecule has 1 aromatic carbocycles. The molecule has 0 aliphatic carbocycles. The molecule has 0 aliphatic heterocycles. The maximum absolute atomic E-state index is 13.1. The normalized spacial score (nSPS) is 11.7. The number of nitrogens with zero attached hydrogens (tertiary/aromatic N) is 4. The zero-order valence-corrected chi connectivity index (χ0v) is 15.3. The number of rotatable bonds is 4. The second kappa shape index (κ2) is 6.49. The van der Waals surface area contributed by atoms with Gasteiger partial charge in [0, 0.05) is 26.9 Å². The average Bonchev–Trinajstić information content (AvgIpc) is 2.93. The van der Waals surface area contributed by atoms with Crippen LogP contribution in [-0.2, 0) is 16.4 Å². The topological polar surface area (TPSA) is 85.2 Å². The lowest BCUT2D eigenvalue weighted by atomic mass is 10.2. The van der Waals surface area contributed by atoms with Crippen LogP contribution in [0.3, 0.4) is 0 Å². The van der Waals surface area contributed by atoms with Gasteiger partial charge in [-0.15, -0.1) is 0 Å². The molecule has 0 unspecified atom stereocenters. The Balaban J connectivity index is 2.18. The Labute approximate surface area is 150 Å². The molecule has 0 N–H and O–H groups in total. The zero-order chi connectivity index (χ0) is 19.1. The molecule has 26 heavy (non-hydrogen) atoms. The van der Waals surface area contributed by atoms with Gasteiger partial charge in [0.25, 0.3) is 5.91 Å². The smallest absolute Gasteiger partial charge is 0.270 e. The second-order valence-corrected chi connectivity index (χ2v) is 8.09. The third kappa shape index (κ3) is 3.43. The van der Waals surface area contributed by atoms with Gasteiger partial charge >= 0.3 is 0 Å². The quantitative estimate of drug-likeness (QED) is 0.692. The van der Waals surface area contributed by atoms with E-state index in [0.717, 1.165) is 11.8 Å². The molecule has 3 aromatic rings. The molecule has 0 bridgehead atoms. The van der Waals surface area contributed by atoms with Crippen molar-refractivity contribution in [3.63, 3.8) is 0 Å². The number of benzene rings is 1. The van der Waals surface area contributed by atoms with E-state index in [1.807, 2.05) is 0 Å². The summed E-state index contributed by atoms with van der Waals surface area (Å²) in [4.78, 5) is 22.3. The van der Waals surface area contributed by atoms with Crippen molar-refractivity contribution in [3.05, 3.63) is 53.6 Å². The fraction of sp³-hybridized carbons (Fsp3) is 0.235. The number of amides is 1. The summed E-state index contributed by atoms with van der Waals surface area (Å²) in [5.41, 5.74) is 1.78. The van der Waals surface area contributed by atoms with Crippen LogP contribution in [0.5, 0.6) is 0 Å². The minimum absolute atomic E-state index is 0.159. The minimum Gasteiger partial charge on any atom is -0.343 e. The van der Waals surface area contributed by atoms with Crippen molar-refractivity contribution in [1.82, 2.24) is 19.4 Å². The van der Waals surface area contributed by atoms with Crippen molar-refractivity contribution in [2.24, 2.45) is 0 Å². The Bertz CT molecular complexity index is 1090. The molecule has 2 aromatic heterocycles. The van der Waals surface area contributed by atoms with Crippen LogP contribution in [0.25, 0.3) is 11.2 Å². The van der Waals surface area contributed by atoms with Crippen molar-refractivity contribution in [2.45, 2.75) is 11.6 Å². The second-order valence-electron chi connectivity index (χ2n) is 6.13. The molecule has 0 spiro atoms. The third-order valence-electron chi connectivity index (χ3n) is 3.84. The highest BCUT2D eigenvalue weighted by molar-refractivity contribution is 7.90. The van der Waals surface area contributed by atoms with E-state index in [1.165, 1.54) is 29.3 Å². The summed E-state index contributed by atoms with van der Waals surface area (Å²) in [7, 11) is -0.286. The summed E-state index contributed by atoms with van der Waals surface area (Å²) in [6.45, 7) is 0.269. The molecule has 2 heterocycles. The van der Waals surface area contributed by atoms with Crippen LogP contribution in [-0.4, -0.2) is 54.1 Å². The van der Waals surface area contributed by atoms with E-state index in [9.17, 15) is 17.6 Å². The number of hydrogen-bond acceptors (Lipinski definition) is 5. The van der Waals surface area contributed by atoms with Crippen LogP contribution in [0.2, 0.25) is 0 Å². The van der Waals surface area contributed by atoms with Crippen LogP contribution in [0.15, 0.2) is 41.6 Å². The van der Waals surface area contributed by atoms with Crippen LogP contribution < -0.4 is 0 Å². The van der Waals surface area contributed by atoms with Crippen molar-refractivity contribution >= 4 is 26.9 Å². The van der Waals surface area contributed by atoms with E-state index >= 15 is 0 Å². The average molecular weight is 376 g/mol. The molecule has 0 aliphatic rings. The van der Waals surface area contributed by atoms with Crippen molar-refractivity contribution in [3.8, 4) is 0 Å². The number of carbonyl (C=O) groups excluding carboxylic acids is 1. The van der Waals surface area contributed by atoms with Crippen LogP contribution in [0.4, 0.5) is 4.39 Å². The highest BCUT2D eigenvalue weighted by Crippen LogP contribution is 2.21. The van der Waals surface area contributed by atoms with Gasteiger partial charge in [-0.25, -0.2) is 22.8 Å². The van der Waals surface area contributed by atoms with Gasteiger partial charge in [0.2, 0.25) is 0 Å². The highest BCUT2D eigenvalue weighted by atomic mass is 32.2. The third-order valence-corrected chi connectivity index (χ3v) is 4.79. The van der Waals surface area contributed by atoms with Gasteiger partial charge in [-0.1, -0.05) is 12.1 Å². The summed E-state index contributed by atoms with van der Waals surface area (Å²) >= 11 is 0. The van der Waals surface area contributed by atoms with E-state index < -0.39 is 9.84 Å². The van der Waals surface area contributed by atoms with Crippen molar-refractivity contribution in [1.29, 1.82) is 0 Å². The number of carbonyl (C=O) groups is 1. The molecule has 0 fully saturated rings. The van der Waals surface area contributed by atoms with Gasteiger partial charge in [0.05, 0.1) is 6.20 Å². The van der Waals surface area contributed by atoms with E-state index in [-0.39, 0.29) is 23.3 Å². The molecule has 0 saturated heterocycles. The maximum atomic E-state index is 13.1. The van der Waals surface area contributed by atoms with Crippen molar-refractivity contribution in [2.75, 3.05) is 20.4 Å². The Morgan fingerprint density at radius 2 is 1.88 bits per heavy atom. The molecule has 1 amide bonds. The number of aromatic nitrogens is 3. The molecular formula is C17H17FN4O3S. The zero-order valence-electron chi connectivity index (χ0n) is 14.5. The Morgan fingerprint density at radius 3 is 2.46 bits per heavy atom. The van der Waals surface area contributed by atoms with Gasteiger partial charge in [-0.3, -0.25) is 4.79 Å². The predicted molar refractivity (Wildman–Crippen MR) is 94.2 cm³/mol. The Hall–Kier alpha value is -2.81. The molecule has 0 radical (unpaired) electrons. The number of sulfone groups is 1. The fourth-order valence-electron chi connectivity index (χ4n) is 2.52. The molecule has 9 heteroatoms. The van der Waals surface area contributed by atoms with E-state index in [2.05, 4.69) is 9.97 Å². The predicted octanol–water partition coefficient (Wildman–Crippen LogP) is 1.72. The van der Waals surface area contributed by atoms with E-state index in [1.54, 1.807) is 30.8 Å². The molecule has 7 nitrogen and oxygen atoms in total. The standard InChI is InChI=1S/C17H17FN4O3S/c1-21(2)17(23)14-8-13-16(19-9-15(20-13)26(3,24)25)22(14)10-11-4-6-12(18)7-5-11/h4-9H,10H2,1-3H3. The summed E-state index contributed by atoms with van der Waals surface area (Å²) in [5, 5.41) is -0.159. The Morgan fingerprint density at radius 1 is 1.23 bits per heavy atom. The first-order valence-electron chi connectivity index (χ1n) is 7.69. The minimum atomic E-state index is -3.52. The largest absolute Gasteiger partial charge is 0.343 e. The Kier molecular flexibility index (Phi) is 4.49. The van der Waals surface area contributed by atoms with Gasteiger partial charge in [-0.05, 0) is 23.8 Å². The number of fused-ring (bicyclic) bond motifs is 1. The number of halogens is 1. The van der Waals surface area contributed by atoms with E-state index in [0.29, 0.717) is 16.9 Å². The van der Waals surface area contributed by atoms with Gasteiger partial charge < -0.3 is 9.47 Å². The molecule has 3 rings (SSSR count). The van der Waals surface area contributed by atoms with Gasteiger partial charge in [0.1, 0.15) is 17.0 Å². The lowest BCUT2D eigenvalue weighted by Crippen LogP contribution is -2.24. The summed E-state index contributed by atoms with van der Waals surface area (Å²) in [6, 6.07) is 7.42. The first kappa shape index (κ1) is 18.0. The first-order valence-corrected chi connectivity index (χ1v) is 9.58. The first-order chi connectivity index (χ1) is 12.2. The monoisotopic (exact) mass is 376 g/mol. The van der Waals surface area contributed by atoms with Gasteiger partial charge in [0.15, 0.2) is 20.5 Å². The van der Waals surface area contributed by atoms with Crippen LogP contribution >= 0.6 is 0 Å². The fourth-order valence-corrected chi connectivity index (χ4v) is 3.03. The summed E-state index contributed by atoms with van der Waals surface area (Å²) in [6.07, 6.45) is 2.22. The SMILES string of the molecule is CN(C)C(=O)c1cc2nc(S(C)(=O)=O)cnc2n1Cc1ccc(F)cc1. The lowest BCUT2D eigenvalue weighted by Gasteiger charge is -2.13. The van der Waals surface area contributed by atoms with Crippen molar-refractivity contribution < 1.29 is 17.6 Å².